The van der Waals surface area contributed by atoms with E-state index in [0.717, 1.165) is 6.42 Å². The van der Waals surface area contributed by atoms with Crippen LogP contribution < -0.4 is 21.7 Å². The third-order valence-corrected chi connectivity index (χ3v) is 4.23. The molecule has 2 atom stereocenters. The fourth-order valence-electron chi connectivity index (χ4n) is 2.68. The number of hydrogen-bond acceptors (Lipinski definition) is 3. The first kappa shape index (κ1) is 17.5. The molecule has 3 rings (SSSR count). The first-order chi connectivity index (χ1) is 12.4. The third-order valence-electron chi connectivity index (χ3n) is 4.23. The van der Waals surface area contributed by atoms with Crippen molar-refractivity contribution < 1.29 is 14.4 Å². The molecule has 2 aromatic carbocycles. The highest BCUT2D eigenvalue weighted by Crippen LogP contribution is 2.38. The molecule has 0 spiro atoms. The molecule has 7 nitrogen and oxygen atoms in total. The summed E-state index contributed by atoms with van der Waals surface area (Å²) in [5, 5.41) is 8.04. The molecule has 1 fully saturated rings. The van der Waals surface area contributed by atoms with Gasteiger partial charge in [0, 0.05) is 28.5 Å². The van der Waals surface area contributed by atoms with E-state index in [1.165, 1.54) is 0 Å². The van der Waals surface area contributed by atoms with Crippen LogP contribution in [-0.4, -0.2) is 17.8 Å². The molecule has 4 amide bonds. The molecule has 1 saturated carbocycles. The zero-order valence-corrected chi connectivity index (χ0v) is 14.3. The number of carbonyl (C=O) groups is 3. The SMILES string of the molecule is C[C@H]1C[C@@H]1C(=O)Nc1cccc(C(=O)Nc2cccc(NC(N)=O)c2)c1. The average molecular weight is 352 g/mol. The van der Waals surface area contributed by atoms with Gasteiger partial charge in [-0.3, -0.25) is 9.59 Å². The molecule has 0 bridgehead atoms. The Labute approximate surface area is 151 Å². The van der Waals surface area contributed by atoms with Gasteiger partial charge in [-0.15, -0.1) is 0 Å². The van der Waals surface area contributed by atoms with Gasteiger partial charge in [-0.05, 0) is 48.7 Å². The fraction of sp³-hybridized carbons (Fsp3) is 0.211. The molecule has 7 heteroatoms. The van der Waals surface area contributed by atoms with Gasteiger partial charge in [0.1, 0.15) is 0 Å². The molecule has 0 aromatic heterocycles. The zero-order valence-electron chi connectivity index (χ0n) is 14.3. The second-order valence-corrected chi connectivity index (χ2v) is 6.41. The minimum atomic E-state index is -0.679. The van der Waals surface area contributed by atoms with Crippen molar-refractivity contribution in [2.45, 2.75) is 13.3 Å². The Morgan fingerprint density at radius 2 is 1.50 bits per heavy atom. The average Bonchev–Trinajstić information content (AvgIpc) is 3.32. The largest absolute Gasteiger partial charge is 0.351 e. The van der Waals surface area contributed by atoms with Gasteiger partial charge in [0.05, 0.1) is 0 Å². The van der Waals surface area contributed by atoms with Crippen LogP contribution in [0.15, 0.2) is 48.5 Å². The maximum absolute atomic E-state index is 12.4. The van der Waals surface area contributed by atoms with E-state index in [1.807, 2.05) is 6.92 Å². The Morgan fingerprint density at radius 3 is 2.12 bits per heavy atom. The van der Waals surface area contributed by atoms with Crippen molar-refractivity contribution in [2.75, 3.05) is 16.0 Å². The lowest BCUT2D eigenvalue weighted by atomic mass is 10.1. The molecule has 5 N–H and O–H groups in total. The number of urea groups is 1. The standard InChI is InChI=1S/C19H20N4O3/c1-11-8-16(11)18(25)22-13-5-2-4-12(9-13)17(24)21-14-6-3-7-15(10-14)23-19(20)26/h2-7,9-11,16H,8H2,1H3,(H,21,24)(H,22,25)(H3,20,23,26)/t11-,16-/m0/s1. The van der Waals surface area contributed by atoms with Gasteiger partial charge >= 0.3 is 6.03 Å². The summed E-state index contributed by atoms with van der Waals surface area (Å²) < 4.78 is 0. The molecule has 1 aliphatic rings. The molecule has 1 aliphatic carbocycles. The molecule has 0 aliphatic heterocycles. The quantitative estimate of drug-likeness (QED) is 0.663. The van der Waals surface area contributed by atoms with E-state index in [0.29, 0.717) is 28.5 Å². The van der Waals surface area contributed by atoms with Crippen molar-refractivity contribution >= 4 is 34.9 Å². The Morgan fingerprint density at radius 1 is 0.923 bits per heavy atom. The van der Waals surface area contributed by atoms with Gasteiger partial charge in [-0.2, -0.15) is 0 Å². The van der Waals surface area contributed by atoms with Crippen LogP contribution in [0.1, 0.15) is 23.7 Å². The highest BCUT2D eigenvalue weighted by Gasteiger charge is 2.39. The van der Waals surface area contributed by atoms with Crippen LogP contribution in [0.5, 0.6) is 0 Å². The summed E-state index contributed by atoms with van der Waals surface area (Å²) in [4.78, 5) is 35.4. The van der Waals surface area contributed by atoms with Crippen LogP contribution in [0.2, 0.25) is 0 Å². The van der Waals surface area contributed by atoms with E-state index >= 15 is 0 Å². The number of hydrogen-bond donors (Lipinski definition) is 4. The molecule has 134 valence electrons. The van der Waals surface area contributed by atoms with Gasteiger partial charge in [-0.25, -0.2) is 4.79 Å². The summed E-state index contributed by atoms with van der Waals surface area (Å²) >= 11 is 0. The predicted octanol–water partition coefficient (Wildman–Crippen LogP) is 3.02. The predicted molar refractivity (Wildman–Crippen MR) is 99.9 cm³/mol. The lowest BCUT2D eigenvalue weighted by Gasteiger charge is -2.09. The minimum absolute atomic E-state index is 0.0136. The Kier molecular flexibility index (Phi) is 4.88. The number of carbonyl (C=O) groups excluding carboxylic acids is 3. The van der Waals surface area contributed by atoms with Crippen molar-refractivity contribution in [3.63, 3.8) is 0 Å². The molecule has 26 heavy (non-hydrogen) atoms. The molecular formula is C19H20N4O3. The molecule has 0 radical (unpaired) electrons. The number of primary amides is 1. The van der Waals surface area contributed by atoms with E-state index in [-0.39, 0.29) is 17.7 Å². The number of amides is 4. The first-order valence-electron chi connectivity index (χ1n) is 8.31. The lowest BCUT2D eigenvalue weighted by molar-refractivity contribution is -0.117. The van der Waals surface area contributed by atoms with Gasteiger partial charge in [0.15, 0.2) is 0 Å². The smallest absolute Gasteiger partial charge is 0.316 e. The number of benzene rings is 2. The summed E-state index contributed by atoms with van der Waals surface area (Å²) in [6.07, 6.45) is 0.904. The number of rotatable bonds is 5. The van der Waals surface area contributed by atoms with E-state index in [2.05, 4.69) is 16.0 Å². The maximum Gasteiger partial charge on any atom is 0.316 e. The molecule has 0 saturated heterocycles. The van der Waals surface area contributed by atoms with E-state index in [9.17, 15) is 14.4 Å². The summed E-state index contributed by atoms with van der Waals surface area (Å²) in [5.74, 6) is 0.146. The van der Waals surface area contributed by atoms with Crippen molar-refractivity contribution in [3.8, 4) is 0 Å². The molecule has 2 aromatic rings. The van der Waals surface area contributed by atoms with Crippen LogP contribution in [0.25, 0.3) is 0 Å². The second kappa shape index (κ2) is 7.26. The highest BCUT2D eigenvalue weighted by atomic mass is 16.2. The Hall–Kier alpha value is -3.35. The Balaban J connectivity index is 1.67. The molecule has 0 unspecified atom stereocenters. The summed E-state index contributed by atoms with van der Waals surface area (Å²) in [7, 11) is 0. The van der Waals surface area contributed by atoms with Crippen LogP contribution in [-0.2, 0) is 4.79 Å². The topological polar surface area (TPSA) is 113 Å². The summed E-state index contributed by atoms with van der Waals surface area (Å²) in [5.41, 5.74) is 7.09. The van der Waals surface area contributed by atoms with Gasteiger partial charge in [0.25, 0.3) is 5.91 Å². The van der Waals surface area contributed by atoms with E-state index in [4.69, 9.17) is 5.73 Å². The van der Waals surface area contributed by atoms with Gasteiger partial charge in [-0.1, -0.05) is 19.1 Å². The monoisotopic (exact) mass is 352 g/mol. The number of anilines is 3. The molecule has 0 heterocycles. The summed E-state index contributed by atoms with van der Waals surface area (Å²) in [6.45, 7) is 2.04. The van der Waals surface area contributed by atoms with E-state index < -0.39 is 6.03 Å². The van der Waals surface area contributed by atoms with Gasteiger partial charge in [0.2, 0.25) is 5.91 Å². The number of nitrogens with two attached hydrogens (primary N) is 1. The highest BCUT2D eigenvalue weighted by molar-refractivity contribution is 6.06. The van der Waals surface area contributed by atoms with Crippen LogP contribution >= 0.6 is 0 Å². The zero-order chi connectivity index (χ0) is 18.7. The number of nitrogens with one attached hydrogen (secondary N) is 3. The van der Waals surface area contributed by atoms with Gasteiger partial charge < -0.3 is 21.7 Å². The lowest BCUT2D eigenvalue weighted by Crippen LogP contribution is -2.19. The maximum atomic E-state index is 12.4. The summed E-state index contributed by atoms with van der Waals surface area (Å²) in [6, 6.07) is 12.7. The van der Waals surface area contributed by atoms with Crippen LogP contribution in [0.4, 0.5) is 21.9 Å². The van der Waals surface area contributed by atoms with Crippen molar-refractivity contribution in [1.29, 1.82) is 0 Å². The molecular weight excluding hydrogens is 332 g/mol. The van der Waals surface area contributed by atoms with Crippen molar-refractivity contribution in [2.24, 2.45) is 17.6 Å². The Bertz CT molecular complexity index is 865. The first-order valence-corrected chi connectivity index (χ1v) is 8.31. The normalized spacial score (nSPS) is 17.9. The minimum Gasteiger partial charge on any atom is -0.351 e. The third kappa shape index (κ3) is 4.38. The second-order valence-electron chi connectivity index (χ2n) is 6.41. The van der Waals surface area contributed by atoms with Crippen molar-refractivity contribution in [3.05, 3.63) is 54.1 Å². The van der Waals surface area contributed by atoms with Crippen LogP contribution in [0, 0.1) is 11.8 Å². The van der Waals surface area contributed by atoms with E-state index in [1.54, 1.807) is 48.5 Å². The van der Waals surface area contributed by atoms with Crippen molar-refractivity contribution in [1.82, 2.24) is 0 Å². The fourth-order valence-corrected chi connectivity index (χ4v) is 2.68. The van der Waals surface area contributed by atoms with Crippen LogP contribution in [0.3, 0.4) is 0 Å².